The predicted molar refractivity (Wildman–Crippen MR) is 260 cm³/mol. The molecule has 0 spiro atoms. The Morgan fingerprint density at radius 2 is 0.714 bits per heavy atom. The molecule has 4 nitrogen and oxygen atoms in total. The van der Waals surface area contributed by atoms with Crippen LogP contribution in [0.3, 0.4) is 0 Å². The van der Waals surface area contributed by atoms with Crippen LogP contribution in [0.1, 0.15) is 0 Å². The molecule has 12 aromatic rings. The van der Waals surface area contributed by atoms with Crippen LogP contribution in [-0.4, -0.2) is 15.0 Å². The van der Waals surface area contributed by atoms with Crippen LogP contribution in [0.25, 0.3) is 122 Å². The largest absolute Gasteiger partial charge is 0.455 e. The summed E-state index contributed by atoms with van der Waals surface area (Å²) in [6.07, 6.45) is 0. The third-order valence-corrected chi connectivity index (χ3v) is 12.1. The van der Waals surface area contributed by atoms with E-state index in [0.29, 0.717) is 17.5 Å². The second-order valence-corrected chi connectivity index (χ2v) is 16.0. The number of fused-ring (bicyclic) bond motifs is 5. The molecule has 0 amide bonds. The second-order valence-electron chi connectivity index (χ2n) is 16.0. The van der Waals surface area contributed by atoms with Crippen molar-refractivity contribution in [3.8, 4) is 78.7 Å². The fraction of sp³-hybridized carbons (Fsp3) is 0. The highest BCUT2D eigenvalue weighted by Crippen LogP contribution is 2.44. The van der Waals surface area contributed by atoms with Crippen LogP contribution in [0, 0.1) is 0 Å². The number of benzene rings is 10. The Morgan fingerprint density at radius 3 is 1.33 bits per heavy atom. The quantitative estimate of drug-likeness (QED) is 0.161. The van der Waals surface area contributed by atoms with Crippen LogP contribution in [0.5, 0.6) is 0 Å². The number of aromatic nitrogens is 3. The number of rotatable bonds is 7. The summed E-state index contributed by atoms with van der Waals surface area (Å²) in [5.74, 6) is 1.84. The van der Waals surface area contributed by atoms with Crippen molar-refractivity contribution < 1.29 is 4.42 Å². The second kappa shape index (κ2) is 15.2. The first-order chi connectivity index (χ1) is 31.2. The molecule has 10 aromatic carbocycles. The summed E-state index contributed by atoms with van der Waals surface area (Å²) >= 11 is 0. The van der Waals surface area contributed by atoms with E-state index in [-0.39, 0.29) is 0 Å². The molecule has 0 aliphatic rings. The maximum atomic E-state index is 6.87. The van der Waals surface area contributed by atoms with Crippen LogP contribution in [-0.2, 0) is 0 Å². The van der Waals surface area contributed by atoms with E-state index >= 15 is 0 Å². The fourth-order valence-electron chi connectivity index (χ4n) is 8.89. The van der Waals surface area contributed by atoms with Crippen molar-refractivity contribution in [2.24, 2.45) is 0 Å². The van der Waals surface area contributed by atoms with Gasteiger partial charge in [0.2, 0.25) is 0 Å². The molecular weight excluding hydrogens is 767 g/mol. The summed E-state index contributed by atoms with van der Waals surface area (Å²) in [5, 5.41) is 6.92. The average molecular weight is 804 g/mol. The van der Waals surface area contributed by atoms with E-state index < -0.39 is 0 Å². The van der Waals surface area contributed by atoms with Crippen molar-refractivity contribution >= 4 is 43.5 Å². The molecule has 0 aliphatic heterocycles. The normalized spacial score (nSPS) is 11.5. The van der Waals surface area contributed by atoms with Crippen LogP contribution >= 0.6 is 0 Å². The molecule has 0 N–H and O–H groups in total. The van der Waals surface area contributed by atoms with Crippen LogP contribution in [0.15, 0.2) is 229 Å². The first kappa shape index (κ1) is 36.4. The Balaban J connectivity index is 1.01. The van der Waals surface area contributed by atoms with E-state index in [1.54, 1.807) is 0 Å². The van der Waals surface area contributed by atoms with Crippen molar-refractivity contribution in [3.05, 3.63) is 224 Å². The van der Waals surface area contributed by atoms with Crippen molar-refractivity contribution in [1.29, 1.82) is 0 Å². The van der Waals surface area contributed by atoms with E-state index in [1.807, 2.05) is 42.5 Å². The van der Waals surface area contributed by atoms with Gasteiger partial charge in [0.05, 0.1) is 0 Å². The Hall–Kier alpha value is -8.47. The van der Waals surface area contributed by atoms with E-state index in [0.717, 1.165) is 88.5 Å². The topological polar surface area (TPSA) is 51.8 Å². The lowest BCUT2D eigenvalue weighted by atomic mass is 9.93. The van der Waals surface area contributed by atoms with Gasteiger partial charge in [0.1, 0.15) is 11.2 Å². The Bertz CT molecular complexity index is 3600. The number of furan rings is 1. The molecule has 0 aliphatic carbocycles. The van der Waals surface area contributed by atoms with Gasteiger partial charge in [0.25, 0.3) is 0 Å². The highest BCUT2D eigenvalue weighted by Gasteiger charge is 2.20. The molecule has 0 fully saturated rings. The number of hydrogen-bond donors (Lipinski definition) is 0. The standard InChI is InChI=1S/C59H37N3O/c1-4-14-38(15-5-1)48-33-49(39-16-6-2-7-17-39)35-50(34-48)59-61-57(42-19-8-3-9-20-42)60-58(62-59)43-27-25-41(26-28-43)51-30-31-52(47-29-24-40-18-10-11-21-44(40)32-47)56-55(51)53-36-45-22-12-13-23-46(45)37-54(53)63-56/h1-37H. The summed E-state index contributed by atoms with van der Waals surface area (Å²) in [4.78, 5) is 15.4. The van der Waals surface area contributed by atoms with Crippen molar-refractivity contribution in [3.63, 3.8) is 0 Å². The molecule has 0 saturated heterocycles. The minimum atomic E-state index is 0.605. The van der Waals surface area contributed by atoms with E-state index in [1.165, 1.54) is 16.2 Å². The molecule has 4 heteroatoms. The SMILES string of the molecule is c1ccc(-c2cc(-c3ccccc3)cc(-c3nc(-c4ccccc4)nc(-c4ccc(-c5ccc(-c6ccc7ccccc7c6)c6oc7cc8ccccc8cc7c56)cc4)n3)c2)cc1. The van der Waals surface area contributed by atoms with E-state index in [2.05, 4.69) is 182 Å². The van der Waals surface area contributed by atoms with Gasteiger partial charge < -0.3 is 4.42 Å². The smallest absolute Gasteiger partial charge is 0.164 e. The highest BCUT2D eigenvalue weighted by molar-refractivity contribution is 6.19. The van der Waals surface area contributed by atoms with Crippen molar-refractivity contribution in [1.82, 2.24) is 15.0 Å². The third kappa shape index (κ3) is 6.71. The average Bonchev–Trinajstić information content (AvgIpc) is 3.74. The third-order valence-electron chi connectivity index (χ3n) is 12.1. The zero-order chi connectivity index (χ0) is 41.7. The van der Waals surface area contributed by atoms with Gasteiger partial charge in [-0.25, -0.2) is 15.0 Å². The van der Waals surface area contributed by atoms with E-state index in [4.69, 9.17) is 19.4 Å². The lowest BCUT2D eigenvalue weighted by Crippen LogP contribution is -2.00. The van der Waals surface area contributed by atoms with Gasteiger partial charge in [-0.05, 0) is 103 Å². The summed E-state index contributed by atoms with van der Waals surface area (Å²) in [5.41, 5.74) is 13.3. The zero-order valence-electron chi connectivity index (χ0n) is 34.1. The fourth-order valence-corrected chi connectivity index (χ4v) is 8.89. The van der Waals surface area contributed by atoms with Gasteiger partial charge in [-0.2, -0.15) is 0 Å². The minimum absolute atomic E-state index is 0.605. The molecule has 0 bridgehead atoms. The molecule has 0 atom stereocenters. The summed E-state index contributed by atoms with van der Waals surface area (Å²) in [6.45, 7) is 0. The molecule has 0 saturated carbocycles. The van der Waals surface area contributed by atoms with E-state index in [9.17, 15) is 0 Å². The summed E-state index contributed by atoms with van der Waals surface area (Å²) < 4.78 is 6.87. The Morgan fingerprint density at radius 1 is 0.270 bits per heavy atom. The monoisotopic (exact) mass is 803 g/mol. The van der Waals surface area contributed by atoms with Gasteiger partial charge in [-0.15, -0.1) is 0 Å². The van der Waals surface area contributed by atoms with Crippen LogP contribution < -0.4 is 0 Å². The van der Waals surface area contributed by atoms with Gasteiger partial charge >= 0.3 is 0 Å². The van der Waals surface area contributed by atoms with Gasteiger partial charge in [0, 0.05) is 33.0 Å². The van der Waals surface area contributed by atoms with Gasteiger partial charge in [0.15, 0.2) is 17.5 Å². The summed E-state index contributed by atoms with van der Waals surface area (Å²) in [6, 6.07) is 78.8. The highest BCUT2D eigenvalue weighted by atomic mass is 16.3. The molecule has 2 heterocycles. The van der Waals surface area contributed by atoms with Crippen LogP contribution in [0.4, 0.5) is 0 Å². The Labute approximate surface area is 364 Å². The van der Waals surface area contributed by atoms with Crippen LogP contribution in [0.2, 0.25) is 0 Å². The lowest BCUT2D eigenvalue weighted by molar-refractivity contribution is 0.670. The summed E-state index contributed by atoms with van der Waals surface area (Å²) in [7, 11) is 0. The molecular formula is C59H37N3O. The van der Waals surface area contributed by atoms with Crippen molar-refractivity contribution in [2.75, 3.05) is 0 Å². The molecule has 63 heavy (non-hydrogen) atoms. The predicted octanol–water partition coefficient (Wildman–Crippen LogP) is 15.7. The van der Waals surface area contributed by atoms with Gasteiger partial charge in [-0.1, -0.05) is 182 Å². The molecule has 12 rings (SSSR count). The zero-order valence-corrected chi connectivity index (χ0v) is 34.1. The maximum Gasteiger partial charge on any atom is 0.164 e. The maximum absolute atomic E-state index is 6.87. The molecule has 0 radical (unpaired) electrons. The lowest BCUT2D eigenvalue weighted by Gasteiger charge is -2.13. The van der Waals surface area contributed by atoms with Gasteiger partial charge in [-0.3, -0.25) is 0 Å². The first-order valence-corrected chi connectivity index (χ1v) is 21.2. The first-order valence-electron chi connectivity index (χ1n) is 21.2. The Kier molecular flexibility index (Phi) is 8.79. The minimum Gasteiger partial charge on any atom is -0.455 e. The molecule has 2 aromatic heterocycles. The van der Waals surface area contributed by atoms with Crippen molar-refractivity contribution in [2.45, 2.75) is 0 Å². The number of nitrogens with zero attached hydrogens (tertiary/aromatic N) is 3. The number of hydrogen-bond acceptors (Lipinski definition) is 4. The molecule has 294 valence electrons. The molecule has 0 unspecified atom stereocenters.